The van der Waals surface area contributed by atoms with Gasteiger partial charge in [0.15, 0.2) is 0 Å². The molecular weight excluding hydrogens is 393 g/mol. The van der Waals surface area contributed by atoms with E-state index < -0.39 is 11.7 Å². The van der Waals surface area contributed by atoms with E-state index >= 15 is 0 Å². The summed E-state index contributed by atoms with van der Waals surface area (Å²) in [5.41, 5.74) is 1.85. The molecular formula is C23H19F3N2S. The monoisotopic (exact) mass is 412 g/mol. The molecule has 2 aromatic heterocycles. The zero-order chi connectivity index (χ0) is 20.6. The zero-order valence-electron chi connectivity index (χ0n) is 15.9. The van der Waals surface area contributed by atoms with E-state index in [2.05, 4.69) is 18.8 Å². The van der Waals surface area contributed by atoms with E-state index in [-0.39, 0.29) is 5.65 Å². The van der Waals surface area contributed by atoms with Gasteiger partial charge >= 0.3 is 6.18 Å². The number of fused-ring (bicyclic) bond motifs is 1. The lowest BCUT2D eigenvalue weighted by Crippen LogP contribution is -2.08. The predicted molar refractivity (Wildman–Crippen MR) is 112 cm³/mol. The second-order valence-electron chi connectivity index (χ2n) is 7.03. The highest BCUT2D eigenvalue weighted by molar-refractivity contribution is 7.99. The third-order valence-corrected chi connectivity index (χ3v) is 5.56. The van der Waals surface area contributed by atoms with Crippen LogP contribution in [-0.2, 0) is 6.18 Å². The third-order valence-electron chi connectivity index (χ3n) is 4.54. The molecule has 0 aliphatic rings. The summed E-state index contributed by atoms with van der Waals surface area (Å²) in [4.78, 5) is 5.23. The molecule has 0 radical (unpaired) electrons. The molecule has 0 amide bonds. The molecule has 29 heavy (non-hydrogen) atoms. The van der Waals surface area contributed by atoms with E-state index in [1.54, 1.807) is 30.1 Å². The predicted octanol–water partition coefficient (Wildman–Crippen LogP) is 7.19. The Labute approximate surface area is 171 Å². The molecule has 0 bridgehead atoms. The molecule has 0 fully saturated rings. The van der Waals surface area contributed by atoms with Crippen molar-refractivity contribution in [1.29, 1.82) is 0 Å². The van der Waals surface area contributed by atoms with Gasteiger partial charge in [0.2, 0.25) is 0 Å². The highest BCUT2D eigenvalue weighted by Crippen LogP contribution is 2.37. The maximum atomic E-state index is 13.7. The van der Waals surface area contributed by atoms with Crippen molar-refractivity contribution in [3.05, 3.63) is 78.6 Å². The summed E-state index contributed by atoms with van der Waals surface area (Å²) in [7, 11) is 0. The lowest BCUT2D eigenvalue weighted by atomic mass is 10.1. The summed E-state index contributed by atoms with van der Waals surface area (Å²) < 4.78 is 42.8. The molecule has 148 valence electrons. The van der Waals surface area contributed by atoms with Crippen LogP contribution in [0.25, 0.3) is 28.0 Å². The molecule has 0 aliphatic heterocycles. The molecule has 0 saturated carbocycles. The second kappa shape index (κ2) is 7.59. The first-order valence-electron chi connectivity index (χ1n) is 9.24. The first-order valence-corrected chi connectivity index (χ1v) is 10.1. The minimum atomic E-state index is -4.49. The normalized spacial score (nSPS) is 12.1. The Morgan fingerprint density at radius 3 is 2.21 bits per heavy atom. The van der Waals surface area contributed by atoms with Crippen LogP contribution in [0.3, 0.4) is 0 Å². The van der Waals surface area contributed by atoms with E-state index in [4.69, 9.17) is 0 Å². The van der Waals surface area contributed by atoms with Crippen molar-refractivity contribution >= 4 is 17.4 Å². The van der Waals surface area contributed by atoms with Crippen molar-refractivity contribution in [3.8, 4) is 22.4 Å². The Morgan fingerprint density at radius 1 is 0.897 bits per heavy atom. The Balaban J connectivity index is 1.88. The SMILES string of the molecule is CC(C)Sc1ccc(-c2cnc3c(C(F)(F)F)cc(-c4ccccc4)cn23)cc1. The van der Waals surface area contributed by atoms with Gasteiger partial charge in [-0.15, -0.1) is 11.8 Å². The Hall–Kier alpha value is -2.73. The van der Waals surface area contributed by atoms with Crippen molar-refractivity contribution in [1.82, 2.24) is 9.38 Å². The van der Waals surface area contributed by atoms with Crippen LogP contribution in [0.4, 0.5) is 13.2 Å². The van der Waals surface area contributed by atoms with Gasteiger partial charge in [0.1, 0.15) is 5.65 Å². The number of imidazole rings is 1. The van der Waals surface area contributed by atoms with Gasteiger partial charge in [0.05, 0.1) is 17.5 Å². The quantitative estimate of drug-likeness (QED) is 0.330. The van der Waals surface area contributed by atoms with Gasteiger partial charge < -0.3 is 0 Å². The summed E-state index contributed by atoms with van der Waals surface area (Å²) in [6.07, 6.45) is -1.27. The smallest absolute Gasteiger partial charge is 0.299 e. The number of aromatic nitrogens is 2. The van der Waals surface area contributed by atoms with Crippen molar-refractivity contribution in [3.63, 3.8) is 0 Å². The molecule has 0 spiro atoms. The molecule has 0 unspecified atom stereocenters. The summed E-state index contributed by atoms with van der Waals surface area (Å²) >= 11 is 1.74. The summed E-state index contributed by atoms with van der Waals surface area (Å²) in [5.74, 6) is 0. The minimum absolute atomic E-state index is 0.0900. The number of alkyl halides is 3. The van der Waals surface area contributed by atoms with E-state index in [9.17, 15) is 13.2 Å². The van der Waals surface area contributed by atoms with Crippen molar-refractivity contribution in [2.24, 2.45) is 0 Å². The zero-order valence-corrected chi connectivity index (χ0v) is 16.8. The topological polar surface area (TPSA) is 17.3 Å². The fourth-order valence-electron chi connectivity index (χ4n) is 3.27. The van der Waals surface area contributed by atoms with Crippen molar-refractivity contribution in [2.45, 2.75) is 30.2 Å². The maximum absolute atomic E-state index is 13.7. The fourth-order valence-corrected chi connectivity index (χ4v) is 4.11. The van der Waals surface area contributed by atoms with Crippen LogP contribution >= 0.6 is 11.8 Å². The van der Waals surface area contributed by atoms with Crippen molar-refractivity contribution in [2.75, 3.05) is 0 Å². The number of rotatable bonds is 4. The summed E-state index contributed by atoms with van der Waals surface area (Å²) in [6, 6.07) is 18.1. The number of pyridine rings is 1. The average Bonchev–Trinajstić information content (AvgIpc) is 3.11. The van der Waals surface area contributed by atoms with E-state index in [1.807, 2.05) is 42.5 Å². The third kappa shape index (κ3) is 4.03. The largest absolute Gasteiger partial charge is 0.420 e. The Bertz CT molecular complexity index is 1130. The Morgan fingerprint density at radius 2 is 1.59 bits per heavy atom. The van der Waals surface area contributed by atoms with Gasteiger partial charge in [0.25, 0.3) is 0 Å². The molecule has 2 heterocycles. The molecule has 0 atom stereocenters. The van der Waals surface area contributed by atoms with E-state index in [0.29, 0.717) is 16.5 Å². The van der Waals surface area contributed by atoms with Crippen LogP contribution in [0.2, 0.25) is 0 Å². The van der Waals surface area contributed by atoms with Gasteiger partial charge in [-0.1, -0.05) is 56.3 Å². The lowest BCUT2D eigenvalue weighted by molar-refractivity contribution is -0.136. The highest BCUT2D eigenvalue weighted by atomic mass is 32.2. The second-order valence-corrected chi connectivity index (χ2v) is 8.68. The Kier molecular flexibility index (Phi) is 5.13. The molecule has 4 rings (SSSR count). The number of hydrogen-bond acceptors (Lipinski definition) is 2. The van der Waals surface area contributed by atoms with Gasteiger partial charge in [-0.2, -0.15) is 13.2 Å². The number of hydrogen-bond donors (Lipinski definition) is 0. The van der Waals surface area contributed by atoms with Crippen LogP contribution in [0.5, 0.6) is 0 Å². The lowest BCUT2D eigenvalue weighted by Gasteiger charge is -2.13. The van der Waals surface area contributed by atoms with Gasteiger partial charge in [-0.05, 0) is 29.3 Å². The van der Waals surface area contributed by atoms with Crippen LogP contribution in [0.1, 0.15) is 19.4 Å². The van der Waals surface area contributed by atoms with E-state index in [1.165, 1.54) is 16.7 Å². The van der Waals surface area contributed by atoms with Crippen LogP contribution < -0.4 is 0 Å². The molecule has 0 aliphatic carbocycles. The van der Waals surface area contributed by atoms with Gasteiger partial charge in [-0.25, -0.2) is 4.98 Å². The highest BCUT2D eigenvalue weighted by Gasteiger charge is 2.35. The molecule has 6 heteroatoms. The standard InChI is InChI=1S/C23H19F3N2S/c1-15(2)29-19-10-8-17(9-11-19)21-13-27-22-20(23(24,25)26)12-18(14-28(21)22)16-6-4-3-5-7-16/h3-15H,1-2H3. The fraction of sp³-hybridized carbons (Fsp3) is 0.174. The molecule has 4 aromatic rings. The summed E-state index contributed by atoms with van der Waals surface area (Å²) in [6.45, 7) is 4.24. The summed E-state index contributed by atoms with van der Waals surface area (Å²) in [5, 5.41) is 0.458. The number of halogens is 3. The number of nitrogens with zero attached hydrogens (tertiary/aromatic N) is 2. The van der Waals surface area contributed by atoms with Crippen molar-refractivity contribution < 1.29 is 13.2 Å². The maximum Gasteiger partial charge on any atom is 0.420 e. The molecule has 2 nitrogen and oxygen atoms in total. The minimum Gasteiger partial charge on any atom is -0.299 e. The molecule has 0 saturated heterocycles. The van der Waals surface area contributed by atoms with E-state index in [0.717, 1.165) is 16.0 Å². The van der Waals surface area contributed by atoms with Crippen LogP contribution in [0, 0.1) is 0 Å². The number of benzene rings is 2. The number of thioether (sulfide) groups is 1. The molecule has 0 N–H and O–H groups in total. The van der Waals surface area contributed by atoms with Crippen LogP contribution in [0.15, 0.2) is 78.0 Å². The first-order chi connectivity index (χ1) is 13.8. The van der Waals surface area contributed by atoms with Crippen LogP contribution in [-0.4, -0.2) is 14.6 Å². The van der Waals surface area contributed by atoms with Gasteiger partial charge in [0, 0.05) is 21.9 Å². The first kappa shape index (κ1) is 19.6. The molecule has 2 aromatic carbocycles. The van der Waals surface area contributed by atoms with Gasteiger partial charge in [-0.3, -0.25) is 4.40 Å². The average molecular weight is 412 g/mol.